The molecule has 4 heteroatoms. The lowest BCUT2D eigenvalue weighted by Crippen LogP contribution is -2.44. The lowest BCUT2D eigenvalue weighted by Gasteiger charge is -2.34. The van der Waals surface area contributed by atoms with Gasteiger partial charge in [0.25, 0.3) is 0 Å². The highest BCUT2D eigenvalue weighted by atomic mass is 16.5. The minimum Gasteiger partial charge on any atom is -0.381 e. The molecule has 0 aromatic rings. The first kappa shape index (κ1) is 14.5. The Morgan fingerprint density at radius 1 is 1.41 bits per heavy atom. The summed E-state index contributed by atoms with van der Waals surface area (Å²) in [4.78, 5) is 12.0. The second kappa shape index (κ2) is 6.36. The van der Waals surface area contributed by atoms with Crippen LogP contribution in [0.1, 0.15) is 33.6 Å². The van der Waals surface area contributed by atoms with Gasteiger partial charge in [0.2, 0.25) is 5.91 Å². The molecule has 0 spiro atoms. The van der Waals surface area contributed by atoms with Crippen molar-refractivity contribution in [2.45, 2.75) is 33.6 Å². The molecule has 0 bridgehead atoms. The highest BCUT2D eigenvalue weighted by Gasteiger charge is 2.29. The maximum atomic E-state index is 12.0. The molecule has 3 N–H and O–H groups in total. The van der Waals surface area contributed by atoms with E-state index >= 15 is 0 Å². The average Bonchev–Trinajstić information content (AvgIpc) is 2.28. The highest BCUT2D eigenvalue weighted by Crippen LogP contribution is 2.28. The normalized spacial score (nSPS) is 21.2. The van der Waals surface area contributed by atoms with Crippen molar-refractivity contribution in [3.05, 3.63) is 0 Å². The molecule has 0 aromatic carbocycles. The summed E-state index contributed by atoms with van der Waals surface area (Å²) in [7, 11) is 0. The Hall–Kier alpha value is -0.610. The van der Waals surface area contributed by atoms with Crippen molar-refractivity contribution in [2.24, 2.45) is 23.0 Å². The lowest BCUT2D eigenvalue weighted by molar-refractivity contribution is -0.126. The number of nitrogens with one attached hydrogen (secondary N) is 1. The Bertz CT molecular complexity index is 248. The van der Waals surface area contributed by atoms with E-state index in [2.05, 4.69) is 12.2 Å². The Balaban J connectivity index is 2.41. The molecule has 1 rings (SSSR count). The number of amides is 1. The molecule has 0 aliphatic carbocycles. The summed E-state index contributed by atoms with van der Waals surface area (Å²) in [6.07, 6.45) is 2.03. The summed E-state index contributed by atoms with van der Waals surface area (Å²) in [6, 6.07) is 0. The number of hydrogen-bond donors (Lipinski definition) is 2. The fraction of sp³-hybridized carbons (Fsp3) is 0.923. The maximum Gasteiger partial charge on any atom is 0.224 e. The summed E-state index contributed by atoms with van der Waals surface area (Å²) in [5, 5.41) is 3.05. The number of carbonyl (C=O) groups is 1. The summed E-state index contributed by atoms with van der Waals surface area (Å²) >= 11 is 0. The van der Waals surface area contributed by atoms with E-state index in [-0.39, 0.29) is 17.2 Å². The van der Waals surface area contributed by atoms with Gasteiger partial charge in [-0.1, -0.05) is 20.8 Å². The van der Waals surface area contributed by atoms with Crippen LogP contribution in [0.2, 0.25) is 0 Å². The van der Waals surface area contributed by atoms with Gasteiger partial charge in [-0.3, -0.25) is 4.79 Å². The molecule has 1 saturated heterocycles. The highest BCUT2D eigenvalue weighted by molar-refractivity contribution is 5.79. The molecule has 1 unspecified atom stereocenters. The van der Waals surface area contributed by atoms with Gasteiger partial charge in [0, 0.05) is 26.3 Å². The van der Waals surface area contributed by atoms with Gasteiger partial charge in [-0.05, 0) is 24.2 Å². The largest absolute Gasteiger partial charge is 0.381 e. The van der Waals surface area contributed by atoms with Crippen LogP contribution in [0.5, 0.6) is 0 Å². The van der Waals surface area contributed by atoms with Gasteiger partial charge in [-0.15, -0.1) is 0 Å². The monoisotopic (exact) mass is 242 g/mol. The molecule has 1 aliphatic heterocycles. The Labute approximate surface area is 104 Å². The van der Waals surface area contributed by atoms with Gasteiger partial charge in [0.15, 0.2) is 0 Å². The van der Waals surface area contributed by atoms with E-state index in [1.54, 1.807) is 0 Å². The smallest absolute Gasteiger partial charge is 0.224 e. The summed E-state index contributed by atoms with van der Waals surface area (Å²) < 4.78 is 5.35. The fourth-order valence-corrected chi connectivity index (χ4v) is 2.15. The molecule has 0 radical (unpaired) electrons. The zero-order valence-electron chi connectivity index (χ0n) is 11.3. The SMILES string of the molecule is CC(C)C(CN)C(=O)NCC1(C)CCOCC1. The molecule has 1 atom stereocenters. The van der Waals surface area contributed by atoms with Crippen molar-refractivity contribution in [3.8, 4) is 0 Å². The Morgan fingerprint density at radius 2 is 2.00 bits per heavy atom. The van der Waals surface area contributed by atoms with Gasteiger partial charge in [-0.2, -0.15) is 0 Å². The van der Waals surface area contributed by atoms with Crippen molar-refractivity contribution in [2.75, 3.05) is 26.3 Å². The summed E-state index contributed by atoms with van der Waals surface area (Å²) in [5.41, 5.74) is 5.82. The minimum absolute atomic E-state index is 0.0709. The molecule has 100 valence electrons. The van der Waals surface area contributed by atoms with E-state index in [1.807, 2.05) is 13.8 Å². The van der Waals surface area contributed by atoms with E-state index in [1.165, 1.54) is 0 Å². The van der Waals surface area contributed by atoms with Crippen LogP contribution in [0.4, 0.5) is 0 Å². The first-order chi connectivity index (χ1) is 7.98. The Kier molecular flexibility index (Phi) is 5.40. The molecule has 0 aromatic heterocycles. The molecule has 1 fully saturated rings. The van der Waals surface area contributed by atoms with Gasteiger partial charge >= 0.3 is 0 Å². The summed E-state index contributed by atoms with van der Waals surface area (Å²) in [5.74, 6) is 0.316. The zero-order chi connectivity index (χ0) is 12.9. The van der Waals surface area contributed by atoms with Crippen LogP contribution in [-0.4, -0.2) is 32.2 Å². The van der Waals surface area contributed by atoms with E-state index in [0.717, 1.165) is 32.6 Å². The number of ether oxygens (including phenoxy) is 1. The average molecular weight is 242 g/mol. The fourth-order valence-electron chi connectivity index (χ4n) is 2.15. The van der Waals surface area contributed by atoms with E-state index in [9.17, 15) is 4.79 Å². The van der Waals surface area contributed by atoms with Crippen LogP contribution >= 0.6 is 0 Å². The van der Waals surface area contributed by atoms with E-state index in [0.29, 0.717) is 12.5 Å². The standard InChI is InChI=1S/C13H26N2O2/c1-10(2)11(8-14)12(16)15-9-13(3)4-6-17-7-5-13/h10-11H,4-9,14H2,1-3H3,(H,15,16). The molecule has 17 heavy (non-hydrogen) atoms. The van der Waals surface area contributed by atoms with Crippen LogP contribution in [0.3, 0.4) is 0 Å². The molecular formula is C13H26N2O2. The van der Waals surface area contributed by atoms with Gasteiger partial charge < -0.3 is 15.8 Å². The van der Waals surface area contributed by atoms with Crippen molar-refractivity contribution in [1.29, 1.82) is 0 Å². The van der Waals surface area contributed by atoms with Crippen LogP contribution in [0.25, 0.3) is 0 Å². The van der Waals surface area contributed by atoms with E-state index in [4.69, 9.17) is 10.5 Å². The number of carbonyl (C=O) groups excluding carboxylic acids is 1. The van der Waals surface area contributed by atoms with Gasteiger partial charge in [0.05, 0.1) is 5.92 Å². The molecule has 1 heterocycles. The first-order valence-electron chi connectivity index (χ1n) is 6.54. The quantitative estimate of drug-likeness (QED) is 0.760. The first-order valence-corrected chi connectivity index (χ1v) is 6.54. The lowest BCUT2D eigenvalue weighted by atomic mass is 9.82. The van der Waals surface area contributed by atoms with Crippen molar-refractivity contribution >= 4 is 5.91 Å². The van der Waals surface area contributed by atoms with Crippen molar-refractivity contribution in [1.82, 2.24) is 5.32 Å². The predicted molar refractivity (Wildman–Crippen MR) is 68.6 cm³/mol. The number of rotatable bonds is 5. The van der Waals surface area contributed by atoms with Gasteiger partial charge in [-0.25, -0.2) is 0 Å². The Morgan fingerprint density at radius 3 is 2.47 bits per heavy atom. The van der Waals surface area contributed by atoms with Crippen molar-refractivity contribution in [3.63, 3.8) is 0 Å². The molecule has 0 saturated carbocycles. The molecule has 1 aliphatic rings. The zero-order valence-corrected chi connectivity index (χ0v) is 11.3. The van der Waals surface area contributed by atoms with E-state index < -0.39 is 0 Å². The second-order valence-electron chi connectivity index (χ2n) is 5.73. The third-order valence-corrected chi connectivity index (χ3v) is 3.78. The van der Waals surface area contributed by atoms with Crippen LogP contribution in [-0.2, 0) is 9.53 Å². The molecule has 4 nitrogen and oxygen atoms in total. The van der Waals surface area contributed by atoms with Crippen LogP contribution in [0, 0.1) is 17.3 Å². The molecular weight excluding hydrogens is 216 g/mol. The van der Waals surface area contributed by atoms with Gasteiger partial charge in [0.1, 0.15) is 0 Å². The predicted octanol–water partition coefficient (Wildman–Crippen LogP) is 1.15. The summed E-state index contributed by atoms with van der Waals surface area (Å²) in [6.45, 7) is 9.04. The number of hydrogen-bond acceptors (Lipinski definition) is 3. The topological polar surface area (TPSA) is 64.4 Å². The molecule has 1 amide bonds. The van der Waals surface area contributed by atoms with Crippen LogP contribution < -0.4 is 11.1 Å². The van der Waals surface area contributed by atoms with Crippen LogP contribution in [0.15, 0.2) is 0 Å². The minimum atomic E-state index is -0.0709. The number of nitrogens with two attached hydrogens (primary N) is 1. The second-order valence-corrected chi connectivity index (χ2v) is 5.73. The maximum absolute atomic E-state index is 12.0. The van der Waals surface area contributed by atoms with Crippen molar-refractivity contribution < 1.29 is 9.53 Å². The third-order valence-electron chi connectivity index (χ3n) is 3.78. The third kappa shape index (κ3) is 4.28.